The van der Waals surface area contributed by atoms with Crippen molar-refractivity contribution in [2.24, 2.45) is 0 Å². The summed E-state index contributed by atoms with van der Waals surface area (Å²) in [7, 11) is 0. The van der Waals surface area contributed by atoms with Crippen molar-refractivity contribution in [1.82, 2.24) is 9.55 Å². The normalized spacial score (nSPS) is 12.1. The zero-order valence-electron chi connectivity index (χ0n) is 13.8. The highest BCUT2D eigenvalue weighted by atomic mass is 35.5. The summed E-state index contributed by atoms with van der Waals surface area (Å²) in [5, 5.41) is 3.68. The van der Waals surface area contributed by atoms with Crippen LogP contribution in [0.25, 0.3) is 10.9 Å². The number of aromatic nitrogens is 2. The molecule has 2 N–H and O–H groups in total. The number of hydrogen-bond acceptors (Lipinski definition) is 3. The standard InChI is InChI=1S/C18H15Cl2N3O3/c1-2-15(16(24)21-14-8-7-10(19)9-12(14)20)23-17(25)11-5-3-4-6-13(11)22-18(23)26/h3-9,15H,2H2,1H3,(H,21,24)(H,22,26)/t15-/m0/s1. The van der Waals surface area contributed by atoms with Crippen LogP contribution >= 0.6 is 23.2 Å². The van der Waals surface area contributed by atoms with Gasteiger partial charge < -0.3 is 10.3 Å². The van der Waals surface area contributed by atoms with Gasteiger partial charge in [-0.3, -0.25) is 9.59 Å². The SMILES string of the molecule is CC[C@@H](C(=O)Nc1ccc(Cl)cc1Cl)n1c(=O)[nH]c2ccccc2c1=O. The molecular weight excluding hydrogens is 377 g/mol. The molecule has 0 aliphatic heterocycles. The number of amides is 1. The Balaban J connectivity index is 2.03. The summed E-state index contributed by atoms with van der Waals surface area (Å²) in [5.74, 6) is -0.514. The predicted octanol–water partition coefficient (Wildman–Crippen LogP) is 3.59. The van der Waals surface area contributed by atoms with Gasteiger partial charge in [0, 0.05) is 5.02 Å². The molecule has 0 spiro atoms. The van der Waals surface area contributed by atoms with Gasteiger partial charge in [0.05, 0.1) is 21.6 Å². The number of nitrogens with one attached hydrogen (secondary N) is 2. The highest BCUT2D eigenvalue weighted by molar-refractivity contribution is 6.36. The summed E-state index contributed by atoms with van der Waals surface area (Å²) in [6.07, 6.45) is 0.248. The van der Waals surface area contributed by atoms with Crippen molar-refractivity contribution in [3.63, 3.8) is 0 Å². The molecule has 0 unspecified atom stereocenters. The van der Waals surface area contributed by atoms with Gasteiger partial charge in [0.2, 0.25) is 5.91 Å². The molecule has 3 rings (SSSR count). The molecule has 0 saturated heterocycles. The average Bonchev–Trinajstić information content (AvgIpc) is 2.61. The molecule has 0 fully saturated rings. The summed E-state index contributed by atoms with van der Waals surface area (Å²) in [6.45, 7) is 1.72. The van der Waals surface area contributed by atoms with E-state index in [1.54, 1.807) is 43.3 Å². The van der Waals surface area contributed by atoms with Gasteiger partial charge in [0.1, 0.15) is 6.04 Å². The van der Waals surface area contributed by atoms with Crippen molar-refractivity contribution in [1.29, 1.82) is 0 Å². The van der Waals surface area contributed by atoms with Gasteiger partial charge in [0.15, 0.2) is 0 Å². The van der Waals surface area contributed by atoms with Gasteiger partial charge in [-0.05, 0) is 36.8 Å². The summed E-state index contributed by atoms with van der Waals surface area (Å²) < 4.78 is 0.932. The van der Waals surface area contributed by atoms with Crippen molar-refractivity contribution < 1.29 is 4.79 Å². The summed E-state index contributed by atoms with van der Waals surface area (Å²) in [4.78, 5) is 40.5. The van der Waals surface area contributed by atoms with E-state index in [4.69, 9.17) is 23.2 Å². The zero-order chi connectivity index (χ0) is 18.8. The van der Waals surface area contributed by atoms with Crippen molar-refractivity contribution in [3.8, 4) is 0 Å². The highest BCUT2D eigenvalue weighted by Crippen LogP contribution is 2.26. The van der Waals surface area contributed by atoms with Gasteiger partial charge in [0.25, 0.3) is 5.56 Å². The first-order valence-corrected chi connectivity index (χ1v) is 8.67. The van der Waals surface area contributed by atoms with E-state index < -0.39 is 23.2 Å². The lowest BCUT2D eigenvalue weighted by atomic mass is 10.1. The van der Waals surface area contributed by atoms with Crippen LogP contribution in [0.5, 0.6) is 0 Å². The van der Waals surface area contributed by atoms with Crippen molar-refractivity contribution in [2.45, 2.75) is 19.4 Å². The summed E-state index contributed by atoms with van der Waals surface area (Å²) >= 11 is 11.9. The molecule has 1 heterocycles. The molecule has 0 saturated carbocycles. The minimum absolute atomic E-state index is 0.248. The van der Waals surface area contributed by atoms with Crippen LogP contribution in [-0.4, -0.2) is 15.5 Å². The lowest BCUT2D eigenvalue weighted by Crippen LogP contribution is -2.42. The second kappa shape index (κ2) is 7.35. The summed E-state index contributed by atoms with van der Waals surface area (Å²) in [6, 6.07) is 10.3. The monoisotopic (exact) mass is 391 g/mol. The number of para-hydroxylation sites is 1. The Labute approximate surface area is 158 Å². The van der Waals surface area contributed by atoms with E-state index in [0.717, 1.165) is 4.57 Å². The van der Waals surface area contributed by atoms with Crippen molar-refractivity contribution in [2.75, 3.05) is 5.32 Å². The van der Waals surface area contributed by atoms with Gasteiger partial charge in [-0.15, -0.1) is 0 Å². The Hall–Kier alpha value is -2.57. The van der Waals surface area contributed by atoms with E-state index in [-0.39, 0.29) is 11.4 Å². The number of carbonyl (C=O) groups excluding carboxylic acids is 1. The third-order valence-electron chi connectivity index (χ3n) is 4.03. The number of benzene rings is 2. The van der Waals surface area contributed by atoms with Crippen LogP contribution in [-0.2, 0) is 4.79 Å². The quantitative estimate of drug-likeness (QED) is 0.712. The van der Waals surface area contributed by atoms with Crippen LogP contribution < -0.4 is 16.6 Å². The Morgan fingerprint density at radius 3 is 2.62 bits per heavy atom. The van der Waals surface area contributed by atoms with Crippen molar-refractivity contribution in [3.05, 3.63) is 73.3 Å². The van der Waals surface area contributed by atoms with E-state index in [9.17, 15) is 14.4 Å². The molecule has 0 bridgehead atoms. The van der Waals surface area contributed by atoms with Crippen LogP contribution in [0.2, 0.25) is 10.0 Å². The van der Waals surface area contributed by atoms with E-state index in [2.05, 4.69) is 10.3 Å². The van der Waals surface area contributed by atoms with Crippen LogP contribution in [0.1, 0.15) is 19.4 Å². The molecule has 134 valence electrons. The Morgan fingerprint density at radius 1 is 1.19 bits per heavy atom. The third-order valence-corrected chi connectivity index (χ3v) is 4.57. The third kappa shape index (κ3) is 3.38. The lowest BCUT2D eigenvalue weighted by Gasteiger charge is -2.18. The minimum Gasteiger partial charge on any atom is -0.323 e. The van der Waals surface area contributed by atoms with Crippen LogP contribution in [0.15, 0.2) is 52.1 Å². The number of carbonyl (C=O) groups is 1. The van der Waals surface area contributed by atoms with Gasteiger partial charge in [-0.25, -0.2) is 9.36 Å². The first-order chi connectivity index (χ1) is 12.4. The molecule has 0 aliphatic rings. The van der Waals surface area contributed by atoms with Crippen LogP contribution in [0.3, 0.4) is 0 Å². The van der Waals surface area contributed by atoms with Crippen LogP contribution in [0.4, 0.5) is 5.69 Å². The maximum Gasteiger partial charge on any atom is 0.329 e. The van der Waals surface area contributed by atoms with Gasteiger partial charge in [-0.1, -0.05) is 42.3 Å². The fraction of sp³-hybridized carbons (Fsp3) is 0.167. The van der Waals surface area contributed by atoms with E-state index >= 15 is 0 Å². The number of fused-ring (bicyclic) bond motifs is 1. The summed E-state index contributed by atoms with van der Waals surface area (Å²) in [5.41, 5.74) is -0.383. The number of aromatic amines is 1. The van der Waals surface area contributed by atoms with E-state index in [1.807, 2.05) is 0 Å². The average molecular weight is 392 g/mol. The number of rotatable bonds is 4. The Kier molecular flexibility index (Phi) is 5.15. The maximum absolute atomic E-state index is 12.7. The molecule has 3 aromatic rings. The molecule has 2 aromatic carbocycles. The minimum atomic E-state index is -0.984. The smallest absolute Gasteiger partial charge is 0.323 e. The first kappa shape index (κ1) is 18.2. The fourth-order valence-corrected chi connectivity index (χ4v) is 3.21. The van der Waals surface area contributed by atoms with Gasteiger partial charge >= 0.3 is 5.69 Å². The molecule has 1 amide bonds. The molecule has 8 heteroatoms. The van der Waals surface area contributed by atoms with Gasteiger partial charge in [-0.2, -0.15) is 0 Å². The van der Waals surface area contributed by atoms with Crippen LogP contribution in [0, 0.1) is 0 Å². The molecular formula is C18H15Cl2N3O3. The Bertz CT molecular complexity index is 1100. The Morgan fingerprint density at radius 2 is 1.92 bits per heavy atom. The number of nitrogens with zero attached hydrogens (tertiary/aromatic N) is 1. The second-order valence-electron chi connectivity index (χ2n) is 5.69. The van der Waals surface area contributed by atoms with Crippen molar-refractivity contribution >= 4 is 45.7 Å². The first-order valence-electron chi connectivity index (χ1n) is 7.92. The zero-order valence-corrected chi connectivity index (χ0v) is 15.3. The number of hydrogen-bond donors (Lipinski definition) is 2. The molecule has 0 radical (unpaired) electrons. The molecule has 6 nitrogen and oxygen atoms in total. The van der Waals surface area contributed by atoms with E-state index in [1.165, 1.54) is 6.07 Å². The topological polar surface area (TPSA) is 84.0 Å². The fourth-order valence-electron chi connectivity index (χ4n) is 2.75. The largest absolute Gasteiger partial charge is 0.329 e. The molecule has 0 aliphatic carbocycles. The number of halogens is 2. The lowest BCUT2D eigenvalue weighted by molar-refractivity contribution is -0.119. The highest BCUT2D eigenvalue weighted by Gasteiger charge is 2.23. The van der Waals surface area contributed by atoms with E-state index in [0.29, 0.717) is 21.6 Å². The molecule has 1 aromatic heterocycles. The molecule has 1 atom stereocenters. The predicted molar refractivity (Wildman–Crippen MR) is 103 cm³/mol. The molecule has 26 heavy (non-hydrogen) atoms. The number of H-pyrrole nitrogens is 1. The second-order valence-corrected chi connectivity index (χ2v) is 6.53. The maximum atomic E-state index is 12.7. The number of anilines is 1.